The third-order valence-corrected chi connectivity index (χ3v) is 9.09. The summed E-state index contributed by atoms with van der Waals surface area (Å²) < 4.78 is 8.96. The van der Waals surface area contributed by atoms with Crippen LogP contribution in [0.1, 0.15) is 0 Å². The van der Waals surface area contributed by atoms with Gasteiger partial charge in [-0.15, -0.1) is 0 Å². The van der Waals surface area contributed by atoms with Crippen molar-refractivity contribution < 1.29 is 4.42 Å². The molecule has 3 heterocycles. The molecule has 200 valence electrons. The van der Waals surface area contributed by atoms with Crippen LogP contribution in [-0.2, 0) is 0 Å². The first kappa shape index (κ1) is 22.8. The predicted molar refractivity (Wildman–Crippen MR) is 180 cm³/mol. The van der Waals surface area contributed by atoms with Gasteiger partial charge >= 0.3 is 0 Å². The number of rotatable bonds is 2. The van der Waals surface area contributed by atoms with Crippen LogP contribution in [0.25, 0.3) is 93.1 Å². The Bertz CT molecular complexity index is 2720. The van der Waals surface area contributed by atoms with E-state index < -0.39 is 0 Å². The fourth-order valence-electron chi connectivity index (χ4n) is 7.18. The van der Waals surface area contributed by atoms with Crippen LogP contribution in [0, 0.1) is 0 Å². The number of H-pyrrole nitrogens is 1. The summed E-state index contributed by atoms with van der Waals surface area (Å²) in [6.45, 7) is 0. The monoisotopic (exact) mass is 548 g/mol. The zero-order valence-corrected chi connectivity index (χ0v) is 23.1. The molecule has 0 radical (unpaired) electrons. The van der Waals surface area contributed by atoms with E-state index in [9.17, 15) is 0 Å². The van der Waals surface area contributed by atoms with E-state index >= 15 is 0 Å². The molecule has 0 bridgehead atoms. The minimum Gasteiger partial charge on any atom is -0.455 e. The van der Waals surface area contributed by atoms with Crippen LogP contribution in [0.2, 0.25) is 0 Å². The van der Waals surface area contributed by atoms with Gasteiger partial charge in [0, 0.05) is 54.6 Å². The highest BCUT2D eigenvalue weighted by molar-refractivity contribution is 6.25. The molecule has 0 aliphatic heterocycles. The second-order valence-corrected chi connectivity index (χ2v) is 11.4. The maximum atomic E-state index is 6.52. The smallest absolute Gasteiger partial charge is 0.143 e. The number of benzene rings is 7. The Kier molecular flexibility index (Phi) is 4.45. The molecule has 0 saturated carbocycles. The molecule has 10 aromatic rings. The van der Waals surface area contributed by atoms with Crippen LogP contribution in [-0.4, -0.2) is 9.55 Å². The van der Waals surface area contributed by atoms with Gasteiger partial charge in [0.2, 0.25) is 0 Å². The number of hydrogen-bond acceptors (Lipinski definition) is 1. The number of furan rings is 1. The number of fused-ring (bicyclic) bond motifs is 11. The first-order chi connectivity index (χ1) is 21.3. The van der Waals surface area contributed by atoms with E-state index in [0.29, 0.717) is 0 Å². The van der Waals surface area contributed by atoms with Crippen LogP contribution >= 0.6 is 0 Å². The fourth-order valence-corrected chi connectivity index (χ4v) is 7.18. The second-order valence-electron chi connectivity index (χ2n) is 11.4. The minimum atomic E-state index is 0.903. The molecule has 0 spiro atoms. The summed E-state index contributed by atoms with van der Waals surface area (Å²) in [5, 5.41) is 9.78. The van der Waals surface area contributed by atoms with E-state index in [1.54, 1.807) is 0 Å². The molecule has 43 heavy (non-hydrogen) atoms. The lowest BCUT2D eigenvalue weighted by Crippen LogP contribution is -1.95. The van der Waals surface area contributed by atoms with Crippen molar-refractivity contribution >= 4 is 76.3 Å². The molecular weight excluding hydrogens is 524 g/mol. The van der Waals surface area contributed by atoms with Crippen molar-refractivity contribution in [2.24, 2.45) is 0 Å². The summed E-state index contributed by atoms with van der Waals surface area (Å²) in [4.78, 5) is 3.69. The number of para-hydroxylation sites is 2. The SMILES string of the molecule is c1ccc(-c2cc(-n3c4cc5[nH]c6ccccc6c5cc4c4c5ccccc5ccc43)cc3c2oc2ccccc23)cc1. The quantitative estimate of drug-likeness (QED) is 0.229. The van der Waals surface area contributed by atoms with Crippen molar-refractivity contribution in [2.45, 2.75) is 0 Å². The average molecular weight is 549 g/mol. The Morgan fingerprint density at radius 1 is 0.488 bits per heavy atom. The number of hydrogen-bond donors (Lipinski definition) is 1. The van der Waals surface area contributed by atoms with E-state index in [2.05, 4.69) is 143 Å². The highest BCUT2D eigenvalue weighted by atomic mass is 16.3. The second kappa shape index (κ2) is 8.37. The molecule has 0 atom stereocenters. The van der Waals surface area contributed by atoms with E-state index in [1.165, 1.54) is 43.4 Å². The Morgan fingerprint density at radius 3 is 2.16 bits per heavy atom. The summed E-state index contributed by atoms with van der Waals surface area (Å²) in [7, 11) is 0. The highest BCUT2D eigenvalue weighted by Crippen LogP contribution is 2.43. The van der Waals surface area contributed by atoms with Crippen LogP contribution < -0.4 is 0 Å². The summed E-state index contributed by atoms with van der Waals surface area (Å²) in [6.07, 6.45) is 0. The fraction of sp³-hybridized carbons (Fsp3) is 0. The van der Waals surface area contributed by atoms with Crippen LogP contribution in [0.3, 0.4) is 0 Å². The number of nitrogens with one attached hydrogen (secondary N) is 1. The zero-order valence-electron chi connectivity index (χ0n) is 23.1. The first-order valence-corrected chi connectivity index (χ1v) is 14.7. The van der Waals surface area contributed by atoms with Gasteiger partial charge in [0.15, 0.2) is 0 Å². The van der Waals surface area contributed by atoms with Gasteiger partial charge in [-0.2, -0.15) is 0 Å². The summed E-state index contributed by atoms with van der Waals surface area (Å²) in [5.41, 5.74) is 9.82. The van der Waals surface area contributed by atoms with Gasteiger partial charge in [-0.25, -0.2) is 0 Å². The molecule has 1 N–H and O–H groups in total. The van der Waals surface area contributed by atoms with Crippen molar-refractivity contribution in [2.75, 3.05) is 0 Å². The standard InChI is InChI=1S/C40H24N2O/c1-2-10-24(11-3-1)30-20-26(21-32-29-15-7-9-17-38(29)43-40(30)32)42-36-19-18-25-12-4-5-13-27(25)39(36)33-22-31-28-14-6-8-16-34(28)41-35(31)23-37(33)42/h1-23,41H. The Morgan fingerprint density at radius 2 is 1.26 bits per heavy atom. The average Bonchev–Trinajstić information content (AvgIpc) is 3.72. The third-order valence-electron chi connectivity index (χ3n) is 9.09. The van der Waals surface area contributed by atoms with Gasteiger partial charge in [0.25, 0.3) is 0 Å². The van der Waals surface area contributed by atoms with Crippen LogP contribution in [0.4, 0.5) is 0 Å². The van der Waals surface area contributed by atoms with Crippen LogP contribution in [0.15, 0.2) is 144 Å². The van der Waals surface area contributed by atoms with Crippen molar-refractivity contribution in [3.63, 3.8) is 0 Å². The molecule has 3 aromatic heterocycles. The summed E-state index contributed by atoms with van der Waals surface area (Å²) >= 11 is 0. The molecule has 0 aliphatic rings. The van der Waals surface area contributed by atoms with E-state index in [0.717, 1.165) is 49.8 Å². The predicted octanol–water partition coefficient (Wildman–Crippen LogP) is 11.1. The lowest BCUT2D eigenvalue weighted by Gasteiger charge is -2.12. The van der Waals surface area contributed by atoms with E-state index in [4.69, 9.17) is 4.42 Å². The lowest BCUT2D eigenvalue weighted by atomic mass is 10.0. The van der Waals surface area contributed by atoms with Gasteiger partial charge in [-0.1, -0.05) is 97.1 Å². The molecule has 10 rings (SSSR count). The molecular formula is C40H24N2O. The lowest BCUT2D eigenvalue weighted by molar-refractivity contribution is 0.670. The van der Waals surface area contributed by atoms with E-state index in [-0.39, 0.29) is 0 Å². The van der Waals surface area contributed by atoms with Crippen molar-refractivity contribution in [1.29, 1.82) is 0 Å². The topological polar surface area (TPSA) is 33.9 Å². The molecule has 0 amide bonds. The first-order valence-electron chi connectivity index (χ1n) is 14.7. The van der Waals surface area contributed by atoms with Crippen molar-refractivity contribution in [3.8, 4) is 16.8 Å². The largest absolute Gasteiger partial charge is 0.455 e. The molecule has 0 unspecified atom stereocenters. The van der Waals surface area contributed by atoms with Crippen LogP contribution in [0.5, 0.6) is 0 Å². The zero-order chi connectivity index (χ0) is 28.1. The molecule has 0 saturated heterocycles. The van der Waals surface area contributed by atoms with Gasteiger partial charge in [-0.05, 0) is 58.8 Å². The van der Waals surface area contributed by atoms with Gasteiger partial charge < -0.3 is 14.0 Å². The van der Waals surface area contributed by atoms with Crippen molar-refractivity contribution in [1.82, 2.24) is 9.55 Å². The van der Waals surface area contributed by atoms with Gasteiger partial charge in [0.1, 0.15) is 11.2 Å². The van der Waals surface area contributed by atoms with Gasteiger partial charge in [0.05, 0.1) is 11.0 Å². The molecule has 3 nitrogen and oxygen atoms in total. The summed E-state index contributed by atoms with van der Waals surface area (Å²) in [6, 6.07) is 50.1. The summed E-state index contributed by atoms with van der Waals surface area (Å²) in [5.74, 6) is 0. The van der Waals surface area contributed by atoms with Crippen molar-refractivity contribution in [3.05, 3.63) is 140 Å². The molecule has 0 aliphatic carbocycles. The maximum absolute atomic E-state index is 6.52. The minimum absolute atomic E-state index is 0.903. The number of aromatic amines is 1. The number of nitrogens with zero attached hydrogens (tertiary/aromatic N) is 1. The highest BCUT2D eigenvalue weighted by Gasteiger charge is 2.20. The Hall–Kier alpha value is -5.80. The Balaban J connectivity index is 1.41. The third kappa shape index (κ3) is 3.14. The molecule has 3 heteroatoms. The van der Waals surface area contributed by atoms with Gasteiger partial charge in [-0.3, -0.25) is 0 Å². The molecule has 7 aromatic carbocycles. The Labute approximate surface area is 246 Å². The number of aromatic nitrogens is 2. The maximum Gasteiger partial charge on any atom is 0.143 e. The van der Waals surface area contributed by atoms with E-state index in [1.807, 2.05) is 6.07 Å². The molecule has 0 fully saturated rings. The normalized spacial score (nSPS) is 12.2.